The number of furan rings is 1. The van der Waals surface area contributed by atoms with Crippen LogP contribution < -0.4 is 0 Å². The van der Waals surface area contributed by atoms with Crippen LogP contribution in [0.25, 0.3) is 0 Å². The predicted octanol–water partition coefficient (Wildman–Crippen LogP) is 1.36. The Kier molecular flexibility index (Phi) is 4.02. The lowest BCUT2D eigenvalue weighted by Gasteiger charge is -2.32. The van der Waals surface area contributed by atoms with Gasteiger partial charge in [-0.1, -0.05) is 0 Å². The van der Waals surface area contributed by atoms with Crippen LogP contribution in [0, 0.1) is 10.1 Å². The predicted molar refractivity (Wildman–Crippen MR) is 66.1 cm³/mol. The number of esters is 1. The molecular weight excluding hydrogens is 268 g/mol. The van der Waals surface area contributed by atoms with Gasteiger partial charge < -0.3 is 14.1 Å². The molecule has 20 heavy (non-hydrogen) atoms. The van der Waals surface area contributed by atoms with E-state index in [1.807, 2.05) is 0 Å². The molecule has 1 unspecified atom stereocenters. The zero-order chi connectivity index (χ0) is 14.7. The highest BCUT2D eigenvalue weighted by molar-refractivity contribution is 5.94. The van der Waals surface area contributed by atoms with Gasteiger partial charge in [0.15, 0.2) is 5.76 Å². The third-order valence-electron chi connectivity index (χ3n) is 3.22. The van der Waals surface area contributed by atoms with E-state index < -0.39 is 28.7 Å². The Morgan fingerprint density at radius 1 is 1.45 bits per heavy atom. The standard InChI is InChI=1S/C12H14N2O6/c1-19-12(16)8-4-2-3-7-13(8)11(15)9-5-6-10(20-9)14(17)18/h5-6,8H,2-4,7H2,1H3. The quantitative estimate of drug-likeness (QED) is 0.471. The third-order valence-corrected chi connectivity index (χ3v) is 3.22. The number of piperidine rings is 1. The first-order chi connectivity index (χ1) is 9.54. The van der Waals surface area contributed by atoms with Crippen molar-refractivity contribution in [3.05, 3.63) is 28.0 Å². The molecule has 0 aliphatic carbocycles. The second-order valence-corrected chi connectivity index (χ2v) is 4.43. The number of methoxy groups -OCH3 is 1. The molecule has 1 aromatic rings. The smallest absolute Gasteiger partial charge is 0.433 e. The molecule has 8 nitrogen and oxygen atoms in total. The van der Waals surface area contributed by atoms with Gasteiger partial charge in [-0.2, -0.15) is 0 Å². The van der Waals surface area contributed by atoms with E-state index in [4.69, 9.17) is 4.42 Å². The van der Waals surface area contributed by atoms with Crippen molar-refractivity contribution in [1.29, 1.82) is 0 Å². The summed E-state index contributed by atoms with van der Waals surface area (Å²) in [5.74, 6) is -1.67. The minimum Gasteiger partial charge on any atom is -0.467 e. The molecule has 108 valence electrons. The molecule has 0 bridgehead atoms. The Labute approximate surface area is 114 Å². The summed E-state index contributed by atoms with van der Waals surface area (Å²) in [5.41, 5.74) is 0. The zero-order valence-corrected chi connectivity index (χ0v) is 10.9. The topological polar surface area (TPSA) is 103 Å². The van der Waals surface area contributed by atoms with Gasteiger partial charge in [0.25, 0.3) is 5.91 Å². The summed E-state index contributed by atoms with van der Waals surface area (Å²) in [7, 11) is 1.26. The second kappa shape index (κ2) is 5.72. The molecule has 2 rings (SSSR count). The molecule has 1 atom stereocenters. The largest absolute Gasteiger partial charge is 0.467 e. The molecule has 1 saturated heterocycles. The van der Waals surface area contributed by atoms with Gasteiger partial charge in [-0.25, -0.2) is 4.79 Å². The average Bonchev–Trinajstić information content (AvgIpc) is 2.95. The minimum atomic E-state index is -0.717. The number of hydrogen-bond donors (Lipinski definition) is 0. The Balaban J connectivity index is 2.20. The number of rotatable bonds is 3. The summed E-state index contributed by atoms with van der Waals surface area (Å²) in [6.45, 7) is 0.396. The average molecular weight is 282 g/mol. The number of nitro groups is 1. The van der Waals surface area contributed by atoms with Crippen LogP contribution in [0.2, 0.25) is 0 Å². The number of ether oxygens (including phenoxy) is 1. The number of carbonyl (C=O) groups excluding carboxylic acids is 2. The summed E-state index contributed by atoms with van der Waals surface area (Å²) < 4.78 is 9.56. The molecule has 2 heterocycles. The summed E-state index contributed by atoms with van der Waals surface area (Å²) in [4.78, 5) is 35.1. The summed E-state index contributed by atoms with van der Waals surface area (Å²) in [5, 5.41) is 10.5. The van der Waals surface area contributed by atoms with Gasteiger partial charge in [-0.05, 0) is 25.3 Å². The van der Waals surface area contributed by atoms with Crippen LogP contribution in [-0.2, 0) is 9.53 Å². The van der Waals surface area contributed by atoms with Gasteiger partial charge in [-0.15, -0.1) is 0 Å². The van der Waals surface area contributed by atoms with E-state index in [-0.39, 0.29) is 5.76 Å². The monoisotopic (exact) mass is 282 g/mol. The maximum absolute atomic E-state index is 12.3. The van der Waals surface area contributed by atoms with E-state index in [1.54, 1.807) is 0 Å². The number of carbonyl (C=O) groups is 2. The maximum atomic E-state index is 12.3. The molecule has 0 radical (unpaired) electrons. The SMILES string of the molecule is COC(=O)C1CCCCN1C(=O)c1ccc([N+](=O)[O-])o1. The Bertz CT molecular complexity index is 538. The van der Waals surface area contributed by atoms with Crippen LogP contribution in [0.4, 0.5) is 5.88 Å². The van der Waals surface area contributed by atoms with Gasteiger partial charge in [0.1, 0.15) is 11.0 Å². The number of nitrogens with zero attached hydrogens (tertiary/aromatic N) is 2. The molecule has 1 fully saturated rings. The van der Waals surface area contributed by atoms with Crippen LogP contribution in [0.5, 0.6) is 0 Å². The van der Waals surface area contributed by atoms with Crippen molar-refractivity contribution in [3.63, 3.8) is 0 Å². The lowest BCUT2D eigenvalue weighted by molar-refractivity contribution is -0.402. The molecular formula is C12H14N2O6. The highest BCUT2D eigenvalue weighted by Gasteiger charge is 2.35. The fourth-order valence-electron chi connectivity index (χ4n) is 2.24. The summed E-state index contributed by atoms with van der Waals surface area (Å²) >= 11 is 0. The molecule has 0 N–H and O–H groups in total. The molecule has 8 heteroatoms. The van der Waals surface area contributed by atoms with Crippen molar-refractivity contribution < 1.29 is 23.7 Å². The Morgan fingerprint density at radius 3 is 2.80 bits per heavy atom. The van der Waals surface area contributed by atoms with Gasteiger partial charge in [0, 0.05) is 6.54 Å². The van der Waals surface area contributed by atoms with Gasteiger partial charge in [0.05, 0.1) is 13.2 Å². The molecule has 0 saturated carbocycles. The summed E-state index contributed by atoms with van der Waals surface area (Å²) in [6.07, 6.45) is 2.10. The molecule has 0 aromatic carbocycles. The minimum absolute atomic E-state index is 0.146. The van der Waals surface area contributed by atoms with Crippen LogP contribution in [0.3, 0.4) is 0 Å². The maximum Gasteiger partial charge on any atom is 0.433 e. The highest BCUT2D eigenvalue weighted by Crippen LogP contribution is 2.23. The molecule has 0 spiro atoms. The molecule has 1 amide bonds. The Hall–Kier alpha value is -2.38. The van der Waals surface area contributed by atoms with Gasteiger partial charge in [0.2, 0.25) is 0 Å². The fraction of sp³-hybridized carbons (Fsp3) is 0.500. The van der Waals surface area contributed by atoms with Crippen molar-refractivity contribution in [2.75, 3.05) is 13.7 Å². The van der Waals surface area contributed by atoms with Crippen LogP contribution >= 0.6 is 0 Å². The van der Waals surface area contributed by atoms with Crippen LogP contribution in [0.1, 0.15) is 29.8 Å². The lowest BCUT2D eigenvalue weighted by atomic mass is 10.0. The zero-order valence-electron chi connectivity index (χ0n) is 10.9. The van der Waals surface area contributed by atoms with E-state index >= 15 is 0 Å². The van der Waals surface area contributed by atoms with E-state index in [2.05, 4.69) is 4.74 Å². The van der Waals surface area contributed by atoms with E-state index in [1.165, 1.54) is 18.1 Å². The number of hydrogen-bond acceptors (Lipinski definition) is 6. The summed E-state index contributed by atoms with van der Waals surface area (Å²) in [6, 6.07) is 1.69. The van der Waals surface area contributed by atoms with Crippen molar-refractivity contribution >= 4 is 17.8 Å². The normalized spacial score (nSPS) is 18.6. The van der Waals surface area contributed by atoms with Crippen LogP contribution in [0.15, 0.2) is 16.5 Å². The number of likely N-dealkylation sites (tertiary alicyclic amines) is 1. The first-order valence-electron chi connectivity index (χ1n) is 6.17. The van der Waals surface area contributed by atoms with Gasteiger partial charge >= 0.3 is 11.9 Å². The molecule has 1 aliphatic heterocycles. The van der Waals surface area contributed by atoms with Crippen molar-refractivity contribution in [3.8, 4) is 0 Å². The van der Waals surface area contributed by atoms with Crippen molar-refractivity contribution in [2.45, 2.75) is 25.3 Å². The second-order valence-electron chi connectivity index (χ2n) is 4.43. The third kappa shape index (κ3) is 2.63. The van der Waals surface area contributed by atoms with Crippen molar-refractivity contribution in [2.24, 2.45) is 0 Å². The Morgan fingerprint density at radius 2 is 2.20 bits per heavy atom. The first-order valence-corrected chi connectivity index (χ1v) is 6.17. The molecule has 1 aromatic heterocycles. The van der Waals surface area contributed by atoms with E-state index in [0.29, 0.717) is 13.0 Å². The lowest BCUT2D eigenvalue weighted by Crippen LogP contribution is -2.48. The van der Waals surface area contributed by atoms with E-state index in [9.17, 15) is 19.7 Å². The van der Waals surface area contributed by atoms with Gasteiger partial charge in [-0.3, -0.25) is 14.9 Å². The van der Waals surface area contributed by atoms with Crippen LogP contribution in [-0.4, -0.2) is 41.4 Å². The number of amides is 1. The highest BCUT2D eigenvalue weighted by atomic mass is 16.6. The first kappa shape index (κ1) is 14.0. The molecule has 1 aliphatic rings. The van der Waals surface area contributed by atoms with Crippen molar-refractivity contribution in [1.82, 2.24) is 4.90 Å². The van der Waals surface area contributed by atoms with E-state index in [0.717, 1.165) is 18.9 Å². The fourth-order valence-corrected chi connectivity index (χ4v) is 2.24.